The van der Waals surface area contributed by atoms with Gasteiger partial charge in [0.05, 0.1) is 5.56 Å². The van der Waals surface area contributed by atoms with E-state index in [1.165, 1.54) is 19.4 Å². The third-order valence-corrected chi connectivity index (χ3v) is 5.18. The molecule has 1 aromatic rings. The Morgan fingerprint density at radius 2 is 2.20 bits per heavy atom. The molecule has 1 N–H and O–H groups in total. The van der Waals surface area contributed by atoms with Crippen molar-refractivity contribution >= 4 is 21.8 Å². The van der Waals surface area contributed by atoms with E-state index >= 15 is 0 Å². The van der Waals surface area contributed by atoms with Gasteiger partial charge in [0.25, 0.3) is 5.91 Å². The molecular formula is C16H21BrN2O. The van der Waals surface area contributed by atoms with E-state index in [2.05, 4.69) is 26.1 Å². The average molecular weight is 337 g/mol. The van der Waals surface area contributed by atoms with Crippen LogP contribution in [0.1, 0.15) is 41.6 Å². The van der Waals surface area contributed by atoms with Crippen LogP contribution in [0.3, 0.4) is 0 Å². The van der Waals surface area contributed by atoms with Gasteiger partial charge >= 0.3 is 0 Å². The molecule has 2 fully saturated rings. The number of fused-ring (bicyclic) bond motifs is 1. The Labute approximate surface area is 128 Å². The molecule has 4 heteroatoms. The van der Waals surface area contributed by atoms with Crippen LogP contribution < -0.4 is 5.32 Å². The maximum atomic E-state index is 12.4. The fraction of sp³-hybridized carbons (Fsp3) is 0.562. The highest BCUT2D eigenvalue weighted by molar-refractivity contribution is 9.10. The van der Waals surface area contributed by atoms with Crippen molar-refractivity contribution in [2.24, 2.45) is 0 Å². The van der Waals surface area contributed by atoms with Gasteiger partial charge in [-0.15, -0.1) is 0 Å². The number of nitrogens with zero attached hydrogens (tertiary/aromatic N) is 1. The van der Waals surface area contributed by atoms with Crippen molar-refractivity contribution in [2.45, 2.75) is 44.7 Å². The summed E-state index contributed by atoms with van der Waals surface area (Å²) in [5.74, 6) is 0.0494. The number of halogens is 1. The summed E-state index contributed by atoms with van der Waals surface area (Å²) in [5, 5.41) is 3.21. The minimum Gasteiger partial charge on any atom is -0.349 e. The number of rotatable bonds is 2. The molecule has 2 saturated heterocycles. The monoisotopic (exact) mass is 336 g/mol. The Balaban J connectivity index is 1.64. The SMILES string of the molecule is Cc1ccc(C(=O)NC2CCN3CCCC3C2)c(Br)c1. The summed E-state index contributed by atoms with van der Waals surface area (Å²) < 4.78 is 0.883. The van der Waals surface area contributed by atoms with Gasteiger partial charge in [0.2, 0.25) is 0 Å². The molecular weight excluding hydrogens is 316 g/mol. The zero-order valence-electron chi connectivity index (χ0n) is 11.9. The topological polar surface area (TPSA) is 32.3 Å². The maximum absolute atomic E-state index is 12.4. The molecule has 108 valence electrons. The summed E-state index contributed by atoms with van der Waals surface area (Å²) in [4.78, 5) is 15.0. The number of amides is 1. The number of aryl methyl sites for hydroxylation is 1. The average Bonchev–Trinajstić information content (AvgIpc) is 2.85. The quantitative estimate of drug-likeness (QED) is 0.899. The predicted molar refractivity (Wildman–Crippen MR) is 84.0 cm³/mol. The Kier molecular flexibility index (Phi) is 4.13. The number of carbonyl (C=O) groups excluding carboxylic acids is 1. The molecule has 0 radical (unpaired) electrons. The molecule has 2 aliphatic rings. The first kappa shape index (κ1) is 14.1. The molecule has 0 aliphatic carbocycles. The smallest absolute Gasteiger partial charge is 0.252 e. The van der Waals surface area contributed by atoms with Crippen molar-refractivity contribution in [2.75, 3.05) is 13.1 Å². The van der Waals surface area contributed by atoms with Crippen molar-refractivity contribution in [3.63, 3.8) is 0 Å². The molecule has 1 aromatic carbocycles. The first-order valence-electron chi connectivity index (χ1n) is 7.44. The van der Waals surface area contributed by atoms with Gasteiger partial charge in [0, 0.05) is 23.1 Å². The second-order valence-electron chi connectivity index (χ2n) is 6.01. The summed E-state index contributed by atoms with van der Waals surface area (Å²) in [7, 11) is 0. The van der Waals surface area contributed by atoms with Crippen molar-refractivity contribution in [1.29, 1.82) is 0 Å². The zero-order chi connectivity index (χ0) is 14.1. The first-order chi connectivity index (χ1) is 9.63. The van der Waals surface area contributed by atoms with Crippen LogP contribution in [0.15, 0.2) is 22.7 Å². The van der Waals surface area contributed by atoms with Crippen molar-refractivity contribution in [3.05, 3.63) is 33.8 Å². The number of carbonyl (C=O) groups is 1. The fourth-order valence-electron chi connectivity index (χ4n) is 3.42. The Morgan fingerprint density at radius 1 is 1.35 bits per heavy atom. The lowest BCUT2D eigenvalue weighted by atomic mass is 9.97. The van der Waals surface area contributed by atoms with Gasteiger partial charge in [0.15, 0.2) is 0 Å². The molecule has 2 aliphatic heterocycles. The van der Waals surface area contributed by atoms with E-state index in [9.17, 15) is 4.79 Å². The van der Waals surface area contributed by atoms with Gasteiger partial charge in [-0.25, -0.2) is 0 Å². The van der Waals surface area contributed by atoms with Crippen LogP contribution in [0.5, 0.6) is 0 Å². The standard InChI is InChI=1S/C16H21BrN2O/c1-11-4-5-14(15(17)9-11)16(20)18-12-6-8-19-7-2-3-13(19)10-12/h4-5,9,12-13H,2-3,6-8,10H2,1H3,(H,18,20). The second kappa shape index (κ2) is 5.86. The van der Waals surface area contributed by atoms with Crippen molar-refractivity contribution < 1.29 is 4.79 Å². The lowest BCUT2D eigenvalue weighted by Crippen LogP contribution is -2.47. The fourth-order valence-corrected chi connectivity index (χ4v) is 4.10. The highest BCUT2D eigenvalue weighted by Crippen LogP contribution is 2.27. The van der Waals surface area contributed by atoms with Crippen LogP contribution in [0.4, 0.5) is 0 Å². The predicted octanol–water partition coefficient (Wildman–Crippen LogP) is 3.11. The summed E-state index contributed by atoms with van der Waals surface area (Å²) in [5.41, 5.74) is 1.90. The summed E-state index contributed by atoms with van der Waals surface area (Å²) >= 11 is 3.49. The molecule has 3 nitrogen and oxygen atoms in total. The van der Waals surface area contributed by atoms with E-state index in [0.717, 1.165) is 35.0 Å². The second-order valence-corrected chi connectivity index (χ2v) is 6.86. The molecule has 0 spiro atoms. The van der Waals surface area contributed by atoms with E-state index < -0.39 is 0 Å². The molecule has 0 aromatic heterocycles. The van der Waals surface area contributed by atoms with E-state index in [1.807, 2.05) is 25.1 Å². The normalized spacial score (nSPS) is 26.3. The lowest BCUT2D eigenvalue weighted by Gasteiger charge is -2.35. The number of hydrogen-bond acceptors (Lipinski definition) is 2. The van der Waals surface area contributed by atoms with Gasteiger partial charge < -0.3 is 10.2 Å². The van der Waals surface area contributed by atoms with Gasteiger partial charge in [-0.3, -0.25) is 4.79 Å². The van der Waals surface area contributed by atoms with E-state index in [1.54, 1.807) is 0 Å². The largest absolute Gasteiger partial charge is 0.349 e. The van der Waals surface area contributed by atoms with Crippen molar-refractivity contribution in [1.82, 2.24) is 10.2 Å². The van der Waals surface area contributed by atoms with E-state index in [4.69, 9.17) is 0 Å². The van der Waals surface area contributed by atoms with Gasteiger partial charge in [-0.05, 0) is 72.8 Å². The Hall–Kier alpha value is -0.870. The van der Waals surface area contributed by atoms with Crippen LogP contribution in [0.25, 0.3) is 0 Å². The van der Waals surface area contributed by atoms with Crippen molar-refractivity contribution in [3.8, 4) is 0 Å². The van der Waals surface area contributed by atoms with Gasteiger partial charge in [-0.2, -0.15) is 0 Å². The van der Waals surface area contributed by atoms with Gasteiger partial charge in [0.1, 0.15) is 0 Å². The van der Waals surface area contributed by atoms with Crippen LogP contribution >= 0.6 is 15.9 Å². The first-order valence-corrected chi connectivity index (χ1v) is 8.24. The molecule has 2 unspecified atom stereocenters. The molecule has 20 heavy (non-hydrogen) atoms. The number of nitrogens with one attached hydrogen (secondary N) is 1. The molecule has 0 saturated carbocycles. The maximum Gasteiger partial charge on any atom is 0.252 e. The van der Waals surface area contributed by atoms with Gasteiger partial charge in [-0.1, -0.05) is 6.07 Å². The molecule has 3 rings (SSSR count). The highest BCUT2D eigenvalue weighted by atomic mass is 79.9. The minimum atomic E-state index is 0.0494. The minimum absolute atomic E-state index is 0.0494. The summed E-state index contributed by atoms with van der Waals surface area (Å²) in [6.45, 7) is 4.40. The number of piperidine rings is 1. The zero-order valence-corrected chi connectivity index (χ0v) is 13.4. The summed E-state index contributed by atoms with van der Waals surface area (Å²) in [6.07, 6.45) is 4.79. The Bertz CT molecular complexity index is 517. The Morgan fingerprint density at radius 3 is 3.00 bits per heavy atom. The lowest BCUT2D eigenvalue weighted by molar-refractivity contribution is 0.0895. The van der Waals surface area contributed by atoms with E-state index in [0.29, 0.717) is 12.1 Å². The van der Waals surface area contributed by atoms with Crippen LogP contribution in [-0.2, 0) is 0 Å². The molecule has 0 bridgehead atoms. The number of hydrogen-bond donors (Lipinski definition) is 1. The highest BCUT2D eigenvalue weighted by Gasteiger charge is 2.32. The number of benzene rings is 1. The molecule has 2 heterocycles. The molecule has 1 amide bonds. The summed E-state index contributed by atoms with van der Waals surface area (Å²) in [6, 6.07) is 6.90. The van der Waals surface area contributed by atoms with E-state index in [-0.39, 0.29) is 5.91 Å². The third-order valence-electron chi connectivity index (χ3n) is 4.52. The van der Waals surface area contributed by atoms with Crippen LogP contribution in [-0.4, -0.2) is 36.0 Å². The van der Waals surface area contributed by atoms with Crippen LogP contribution in [0.2, 0.25) is 0 Å². The van der Waals surface area contributed by atoms with Crippen LogP contribution in [0, 0.1) is 6.92 Å². The molecule has 2 atom stereocenters. The third kappa shape index (κ3) is 2.91.